The van der Waals surface area contributed by atoms with Crippen molar-refractivity contribution < 1.29 is 0 Å². The number of nitrogens with zero attached hydrogens (tertiary/aromatic N) is 4. The second kappa shape index (κ2) is 10.3. The molecule has 4 aromatic rings. The smallest absolute Gasteiger partial charge is 0.135 e. The molecule has 0 atom stereocenters. The van der Waals surface area contributed by atoms with E-state index in [-0.39, 0.29) is 0 Å². The van der Waals surface area contributed by atoms with Gasteiger partial charge in [-0.3, -0.25) is 15.0 Å². The summed E-state index contributed by atoms with van der Waals surface area (Å²) in [5, 5.41) is 3.46. The van der Waals surface area contributed by atoms with E-state index >= 15 is 0 Å². The van der Waals surface area contributed by atoms with Gasteiger partial charge in [-0.2, -0.15) is 0 Å². The summed E-state index contributed by atoms with van der Waals surface area (Å²) in [7, 11) is 1.77. The number of hydrogen-bond acceptors (Lipinski definition) is 5. The van der Waals surface area contributed by atoms with Crippen molar-refractivity contribution >= 4 is 24.2 Å². The number of anilines is 1. The fourth-order valence-corrected chi connectivity index (χ4v) is 3.41. The number of nitrogens with one attached hydrogen (secondary N) is 1. The standard InChI is InChI=1S/C27H25N5/c1-20-17-24(13-15-29-20)22-8-6-21(7-9-22)18-32-27-26(19-28-2)23(12-16-31-27)10-11-25-5-3-4-14-30-25/h3-17,19H,18H2,1-2H3,(H,31,32)/b11-10+,28-19?. The van der Waals surface area contributed by atoms with Crippen molar-refractivity contribution in [2.45, 2.75) is 13.5 Å². The predicted octanol–water partition coefficient (Wildman–Crippen LogP) is 5.68. The van der Waals surface area contributed by atoms with Crippen LogP contribution < -0.4 is 5.32 Å². The molecule has 0 aliphatic rings. The molecule has 32 heavy (non-hydrogen) atoms. The van der Waals surface area contributed by atoms with Crippen LogP contribution in [-0.2, 0) is 6.54 Å². The van der Waals surface area contributed by atoms with Crippen LogP contribution in [0.2, 0.25) is 0 Å². The topological polar surface area (TPSA) is 63.1 Å². The molecule has 0 aliphatic heterocycles. The molecule has 158 valence electrons. The first-order chi connectivity index (χ1) is 15.7. The summed E-state index contributed by atoms with van der Waals surface area (Å²) in [5.41, 5.74) is 7.43. The van der Waals surface area contributed by atoms with E-state index in [1.165, 1.54) is 16.7 Å². The van der Waals surface area contributed by atoms with E-state index in [1.54, 1.807) is 13.2 Å². The third kappa shape index (κ3) is 5.32. The molecule has 0 saturated heterocycles. The SMILES string of the molecule is CN=Cc1c(/C=C/c2ccccn2)ccnc1NCc1ccc(-c2ccnc(C)c2)cc1. The zero-order valence-electron chi connectivity index (χ0n) is 18.2. The minimum atomic E-state index is 0.667. The number of hydrogen-bond donors (Lipinski definition) is 1. The molecule has 0 saturated carbocycles. The van der Waals surface area contributed by atoms with E-state index in [2.05, 4.69) is 55.6 Å². The lowest BCUT2D eigenvalue weighted by atomic mass is 10.0. The minimum Gasteiger partial charge on any atom is -0.365 e. The Morgan fingerprint density at radius 2 is 1.69 bits per heavy atom. The first-order valence-corrected chi connectivity index (χ1v) is 10.5. The monoisotopic (exact) mass is 419 g/mol. The third-order valence-electron chi connectivity index (χ3n) is 5.05. The average Bonchev–Trinajstić information content (AvgIpc) is 2.83. The number of pyridine rings is 3. The van der Waals surface area contributed by atoms with Gasteiger partial charge in [0, 0.05) is 49.7 Å². The molecule has 0 radical (unpaired) electrons. The van der Waals surface area contributed by atoms with Gasteiger partial charge >= 0.3 is 0 Å². The Balaban J connectivity index is 1.51. The second-order valence-electron chi connectivity index (χ2n) is 7.37. The van der Waals surface area contributed by atoms with E-state index in [0.717, 1.165) is 28.3 Å². The van der Waals surface area contributed by atoms with Crippen LogP contribution in [0, 0.1) is 6.92 Å². The lowest BCUT2D eigenvalue weighted by molar-refractivity contribution is 1.11. The molecule has 1 aromatic carbocycles. The van der Waals surface area contributed by atoms with Crippen LogP contribution >= 0.6 is 0 Å². The van der Waals surface area contributed by atoms with Gasteiger partial charge in [0.15, 0.2) is 0 Å². The number of aryl methyl sites for hydroxylation is 1. The van der Waals surface area contributed by atoms with E-state index in [0.29, 0.717) is 6.54 Å². The van der Waals surface area contributed by atoms with Crippen LogP contribution in [0.15, 0.2) is 84.2 Å². The summed E-state index contributed by atoms with van der Waals surface area (Å²) in [6.45, 7) is 2.67. The summed E-state index contributed by atoms with van der Waals surface area (Å²) >= 11 is 0. The van der Waals surface area contributed by atoms with E-state index in [4.69, 9.17) is 0 Å². The van der Waals surface area contributed by atoms with Crippen molar-refractivity contribution in [1.29, 1.82) is 0 Å². The molecule has 3 aromatic heterocycles. The van der Waals surface area contributed by atoms with Crippen molar-refractivity contribution in [3.63, 3.8) is 0 Å². The van der Waals surface area contributed by atoms with Gasteiger partial charge in [-0.1, -0.05) is 36.4 Å². The van der Waals surface area contributed by atoms with E-state index in [1.807, 2.05) is 68.0 Å². The number of aromatic nitrogens is 3. The van der Waals surface area contributed by atoms with Crippen LogP contribution in [0.5, 0.6) is 0 Å². The second-order valence-corrected chi connectivity index (χ2v) is 7.37. The number of rotatable bonds is 7. The molecule has 5 nitrogen and oxygen atoms in total. The normalized spacial score (nSPS) is 11.3. The Morgan fingerprint density at radius 3 is 2.44 bits per heavy atom. The molecule has 1 N–H and O–H groups in total. The van der Waals surface area contributed by atoms with Gasteiger partial charge in [-0.15, -0.1) is 0 Å². The highest BCUT2D eigenvalue weighted by atomic mass is 15.0. The molecule has 4 rings (SSSR count). The lowest BCUT2D eigenvalue weighted by Crippen LogP contribution is -2.05. The Bertz CT molecular complexity index is 1230. The number of aliphatic imine (C=N–C) groups is 1. The van der Waals surface area contributed by atoms with Crippen molar-refractivity contribution in [3.05, 3.63) is 107 Å². The molecule has 0 amide bonds. The molecular formula is C27H25N5. The maximum Gasteiger partial charge on any atom is 0.135 e. The summed E-state index contributed by atoms with van der Waals surface area (Å²) in [6.07, 6.45) is 11.3. The Morgan fingerprint density at radius 1 is 0.844 bits per heavy atom. The van der Waals surface area contributed by atoms with Crippen LogP contribution in [0.1, 0.15) is 28.1 Å². The summed E-state index contributed by atoms with van der Waals surface area (Å²) < 4.78 is 0. The van der Waals surface area contributed by atoms with Gasteiger partial charge < -0.3 is 5.32 Å². The molecular weight excluding hydrogens is 394 g/mol. The quantitative estimate of drug-likeness (QED) is 0.392. The molecule has 0 aliphatic carbocycles. The highest BCUT2D eigenvalue weighted by molar-refractivity contribution is 5.92. The molecule has 5 heteroatoms. The first kappa shape index (κ1) is 21.1. The van der Waals surface area contributed by atoms with Crippen molar-refractivity contribution in [2.75, 3.05) is 12.4 Å². The van der Waals surface area contributed by atoms with E-state index < -0.39 is 0 Å². The Hall–Kier alpha value is -4.12. The molecule has 0 spiro atoms. The highest BCUT2D eigenvalue weighted by Crippen LogP contribution is 2.22. The van der Waals surface area contributed by atoms with Gasteiger partial charge in [0.2, 0.25) is 0 Å². The predicted molar refractivity (Wildman–Crippen MR) is 133 cm³/mol. The van der Waals surface area contributed by atoms with Crippen molar-refractivity contribution in [3.8, 4) is 11.1 Å². The largest absolute Gasteiger partial charge is 0.365 e. The van der Waals surface area contributed by atoms with Gasteiger partial charge in [0.05, 0.1) is 5.69 Å². The van der Waals surface area contributed by atoms with Crippen molar-refractivity contribution in [1.82, 2.24) is 15.0 Å². The van der Waals surface area contributed by atoms with Crippen molar-refractivity contribution in [2.24, 2.45) is 4.99 Å². The molecule has 3 heterocycles. The van der Waals surface area contributed by atoms with Crippen LogP contribution in [0.3, 0.4) is 0 Å². The zero-order chi connectivity index (χ0) is 22.2. The summed E-state index contributed by atoms with van der Waals surface area (Å²) in [5.74, 6) is 0.799. The lowest BCUT2D eigenvalue weighted by Gasteiger charge is -2.11. The van der Waals surface area contributed by atoms with E-state index in [9.17, 15) is 0 Å². The van der Waals surface area contributed by atoms with Crippen LogP contribution in [0.4, 0.5) is 5.82 Å². The van der Waals surface area contributed by atoms with Crippen LogP contribution in [-0.4, -0.2) is 28.2 Å². The molecule has 0 unspecified atom stereocenters. The maximum atomic E-state index is 4.54. The summed E-state index contributed by atoms with van der Waals surface area (Å²) in [4.78, 5) is 17.4. The van der Waals surface area contributed by atoms with Gasteiger partial charge in [0.25, 0.3) is 0 Å². The minimum absolute atomic E-state index is 0.667. The summed E-state index contributed by atoms with van der Waals surface area (Å²) in [6, 6.07) is 20.5. The molecule has 0 fully saturated rings. The molecule has 0 bridgehead atoms. The van der Waals surface area contributed by atoms with Crippen LogP contribution in [0.25, 0.3) is 23.3 Å². The Kier molecular flexibility index (Phi) is 6.78. The fraction of sp³-hybridized carbons (Fsp3) is 0.111. The van der Waals surface area contributed by atoms with Gasteiger partial charge in [0.1, 0.15) is 5.82 Å². The average molecular weight is 420 g/mol. The third-order valence-corrected chi connectivity index (χ3v) is 5.05. The van der Waals surface area contributed by atoms with Gasteiger partial charge in [-0.25, -0.2) is 4.98 Å². The maximum absolute atomic E-state index is 4.54. The van der Waals surface area contributed by atoms with Gasteiger partial charge in [-0.05, 0) is 65.6 Å². The zero-order valence-corrected chi connectivity index (χ0v) is 18.2. The first-order valence-electron chi connectivity index (χ1n) is 10.5. The fourth-order valence-electron chi connectivity index (χ4n) is 3.41. The highest BCUT2D eigenvalue weighted by Gasteiger charge is 2.07. The number of benzene rings is 1. The Labute approximate surface area is 188 Å².